The lowest BCUT2D eigenvalue weighted by molar-refractivity contribution is -0.116. The molecule has 32 heavy (non-hydrogen) atoms. The Morgan fingerprint density at radius 3 is 2.56 bits per heavy atom. The van der Waals surface area contributed by atoms with E-state index in [0.717, 1.165) is 22.4 Å². The fraction of sp³-hybridized carbons (Fsp3) is 0.348. The number of nitriles is 1. The maximum Gasteiger partial charge on any atom is 0.237 e. The Kier molecular flexibility index (Phi) is 8.36. The van der Waals surface area contributed by atoms with Crippen LogP contribution < -0.4 is 4.90 Å². The van der Waals surface area contributed by atoms with E-state index in [2.05, 4.69) is 27.3 Å². The van der Waals surface area contributed by atoms with E-state index >= 15 is 0 Å². The van der Waals surface area contributed by atoms with Crippen molar-refractivity contribution in [3.05, 3.63) is 53.9 Å². The number of hydrogen-bond acceptors (Lipinski definition) is 7. The molecule has 2 heterocycles. The lowest BCUT2D eigenvalue weighted by Crippen LogP contribution is -2.33. The summed E-state index contributed by atoms with van der Waals surface area (Å²) >= 11 is 1.33. The number of pyridine rings is 1. The van der Waals surface area contributed by atoms with Crippen LogP contribution in [0.3, 0.4) is 0 Å². The zero-order valence-corrected chi connectivity index (χ0v) is 19.3. The third-order valence-electron chi connectivity index (χ3n) is 4.77. The third kappa shape index (κ3) is 5.93. The first kappa shape index (κ1) is 23.4. The summed E-state index contributed by atoms with van der Waals surface area (Å²) in [7, 11) is 1.64. The molecule has 0 radical (unpaired) electrons. The predicted molar refractivity (Wildman–Crippen MR) is 124 cm³/mol. The molecule has 2 aromatic heterocycles. The number of amides is 1. The van der Waals surface area contributed by atoms with Gasteiger partial charge in [0.05, 0.1) is 31.4 Å². The molecule has 0 aliphatic heterocycles. The van der Waals surface area contributed by atoms with Crippen LogP contribution in [0.2, 0.25) is 0 Å². The number of aromatic nitrogens is 4. The summed E-state index contributed by atoms with van der Waals surface area (Å²) in [5.74, 6) is 0.803. The number of ether oxygens (including phenoxy) is 1. The molecule has 0 bridgehead atoms. The van der Waals surface area contributed by atoms with E-state index in [1.54, 1.807) is 24.4 Å². The number of thioether (sulfide) groups is 1. The van der Waals surface area contributed by atoms with E-state index < -0.39 is 0 Å². The maximum atomic E-state index is 13.2. The highest BCUT2D eigenvalue weighted by molar-refractivity contribution is 7.99. The topological polar surface area (TPSA) is 96.9 Å². The molecule has 0 saturated heterocycles. The first-order valence-electron chi connectivity index (χ1n) is 10.2. The molecule has 0 aliphatic rings. The fourth-order valence-corrected chi connectivity index (χ4v) is 4.21. The molecule has 1 amide bonds. The Labute approximate surface area is 192 Å². The van der Waals surface area contributed by atoms with Crippen LogP contribution in [0.5, 0.6) is 0 Å². The van der Waals surface area contributed by atoms with Crippen molar-refractivity contribution in [1.82, 2.24) is 19.7 Å². The van der Waals surface area contributed by atoms with Crippen LogP contribution in [0, 0.1) is 25.2 Å². The minimum atomic E-state index is -0.0815. The highest BCUT2D eigenvalue weighted by atomic mass is 32.2. The van der Waals surface area contributed by atoms with E-state index in [0.29, 0.717) is 30.7 Å². The molecule has 0 saturated carbocycles. The predicted octanol–water partition coefficient (Wildman–Crippen LogP) is 3.64. The average molecular weight is 451 g/mol. The second kappa shape index (κ2) is 11.4. The summed E-state index contributed by atoms with van der Waals surface area (Å²) in [5, 5.41) is 18.4. The molecule has 0 unspecified atom stereocenters. The van der Waals surface area contributed by atoms with Crippen molar-refractivity contribution >= 4 is 23.4 Å². The summed E-state index contributed by atoms with van der Waals surface area (Å²) in [6.07, 6.45) is 3.68. The minimum Gasteiger partial charge on any atom is -0.383 e. The van der Waals surface area contributed by atoms with Gasteiger partial charge in [-0.2, -0.15) is 5.26 Å². The maximum absolute atomic E-state index is 13.2. The van der Waals surface area contributed by atoms with E-state index in [9.17, 15) is 4.79 Å². The molecule has 0 aliphatic carbocycles. The third-order valence-corrected chi connectivity index (χ3v) is 5.72. The number of hydrogen-bond donors (Lipinski definition) is 0. The first-order chi connectivity index (χ1) is 15.5. The Bertz CT molecular complexity index is 1070. The van der Waals surface area contributed by atoms with Gasteiger partial charge in [0.2, 0.25) is 5.91 Å². The lowest BCUT2D eigenvalue weighted by atomic mass is 10.1. The van der Waals surface area contributed by atoms with Gasteiger partial charge in [-0.25, -0.2) is 0 Å². The molecule has 0 spiro atoms. The van der Waals surface area contributed by atoms with Crippen LogP contribution in [-0.2, 0) is 16.1 Å². The zero-order valence-electron chi connectivity index (χ0n) is 18.5. The van der Waals surface area contributed by atoms with Crippen molar-refractivity contribution < 1.29 is 9.53 Å². The summed E-state index contributed by atoms with van der Waals surface area (Å²) < 4.78 is 7.20. The Balaban J connectivity index is 1.81. The fourth-order valence-electron chi connectivity index (χ4n) is 3.36. The smallest absolute Gasteiger partial charge is 0.237 e. The molecule has 3 rings (SSSR count). The van der Waals surface area contributed by atoms with Gasteiger partial charge in [0, 0.05) is 37.3 Å². The van der Waals surface area contributed by atoms with Gasteiger partial charge in [-0.05, 0) is 49.2 Å². The van der Waals surface area contributed by atoms with E-state index in [1.807, 2.05) is 42.7 Å². The monoisotopic (exact) mass is 450 g/mol. The standard InChI is InChI=1S/C23H26N6O2S/c1-17-13-18(2)15-20(14-17)28(10-4-7-24)21(30)16-32-23-27-26-22(29(23)11-12-31-3)19-5-8-25-9-6-19/h5-6,8-9,13-15H,4,10-12,16H2,1-3H3. The molecular formula is C23H26N6O2S. The lowest BCUT2D eigenvalue weighted by Gasteiger charge is -2.22. The Hall–Kier alpha value is -3.22. The van der Waals surface area contributed by atoms with Crippen molar-refractivity contribution in [3.8, 4) is 17.5 Å². The van der Waals surface area contributed by atoms with Crippen LogP contribution in [0.25, 0.3) is 11.4 Å². The SMILES string of the molecule is COCCn1c(SCC(=O)N(CCC#N)c2cc(C)cc(C)c2)nnc1-c1ccncc1. The normalized spacial score (nSPS) is 10.7. The van der Waals surface area contributed by atoms with Gasteiger partial charge in [-0.15, -0.1) is 10.2 Å². The number of rotatable bonds is 10. The molecule has 0 atom stereocenters. The van der Waals surface area contributed by atoms with E-state index in [4.69, 9.17) is 10.00 Å². The molecule has 166 valence electrons. The summed E-state index contributed by atoms with van der Waals surface area (Å²) in [4.78, 5) is 18.9. The summed E-state index contributed by atoms with van der Waals surface area (Å²) in [6, 6.07) is 11.9. The van der Waals surface area contributed by atoms with Gasteiger partial charge in [-0.1, -0.05) is 17.8 Å². The van der Waals surface area contributed by atoms with Crippen LogP contribution in [-0.4, -0.2) is 51.7 Å². The largest absolute Gasteiger partial charge is 0.383 e. The molecule has 3 aromatic rings. The number of anilines is 1. The van der Waals surface area contributed by atoms with Crippen molar-refractivity contribution in [2.24, 2.45) is 0 Å². The summed E-state index contributed by atoms with van der Waals surface area (Å²) in [6.45, 7) is 5.40. The molecule has 8 nitrogen and oxygen atoms in total. The number of carbonyl (C=O) groups excluding carboxylic acids is 1. The Morgan fingerprint density at radius 1 is 1.19 bits per heavy atom. The van der Waals surface area contributed by atoms with Gasteiger partial charge >= 0.3 is 0 Å². The van der Waals surface area contributed by atoms with Crippen molar-refractivity contribution in [2.45, 2.75) is 32.0 Å². The average Bonchev–Trinajstić information content (AvgIpc) is 3.19. The van der Waals surface area contributed by atoms with Crippen LogP contribution in [0.4, 0.5) is 5.69 Å². The van der Waals surface area contributed by atoms with Crippen LogP contribution in [0.15, 0.2) is 47.9 Å². The second-order valence-electron chi connectivity index (χ2n) is 7.27. The number of nitrogens with zero attached hydrogens (tertiary/aromatic N) is 6. The van der Waals surface area contributed by atoms with Gasteiger partial charge in [0.1, 0.15) is 0 Å². The summed E-state index contributed by atoms with van der Waals surface area (Å²) in [5.41, 5.74) is 3.85. The first-order valence-corrected chi connectivity index (χ1v) is 11.2. The van der Waals surface area contributed by atoms with Gasteiger partial charge in [0.15, 0.2) is 11.0 Å². The van der Waals surface area contributed by atoms with Crippen molar-refractivity contribution in [3.63, 3.8) is 0 Å². The Morgan fingerprint density at radius 2 is 1.91 bits per heavy atom. The van der Waals surface area contributed by atoms with Crippen molar-refractivity contribution in [1.29, 1.82) is 5.26 Å². The van der Waals surface area contributed by atoms with E-state index in [1.165, 1.54) is 11.8 Å². The molecular weight excluding hydrogens is 424 g/mol. The zero-order chi connectivity index (χ0) is 22.9. The number of aryl methyl sites for hydroxylation is 2. The second-order valence-corrected chi connectivity index (χ2v) is 8.22. The number of methoxy groups -OCH3 is 1. The highest BCUT2D eigenvalue weighted by Gasteiger charge is 2.20. The van der Waals surface area contributed by atoms with Crippen LogP contribution in [0.1, 0.15) is 17.5 Å². The quantitative estimate of drug-likeness (QED) is 0.435. The van der Waals surface area contributed by atoms with Gasteiger partial charge < -0.3 is 9.64 Å². The molecule has 0 fully saturated rings. The molecule has 1 aromatic carbocycles. The van der Waals surface area contributed by atoms with Gasteiger partial charge in [-0.3, -0.25) is 14.3 Å². The van der Waals surface area contributed by atoms with Gasteiger partial charge in [0.25, 0.3) is 0 Å². The number of carbonyl (C=O) groups is 1. The minimum absolute atomic E-state index is 0.0815. The van der Waals surface area contributed by atoms with E-state index in [-0.39, 0.29) is 18.1 Å². The number of benzene rings is 1. The molecule has 0 N–H and O–H groups in total. The molecule has 9 heteroatoms. The van der Waals surface area contributed by atoms with Crippen molar-refractivity contribution in [2.75, 3.05) is 30.9 Å². The van der Waals surface area contributed by atoms with Crippen LogP contribution >= 0.6 is 11.8 Å². The highest BCUT2D eigenvalue weighted by Crippen LogP contribution is 2.25.